The standard InChI is InChI=1S/C17H21N3O3S/c1-13(15-7-9-18-10-8-15)20(2)17(21)19-16-6-4-5-14(11-16)12-24(3,22)23/h4-11,13H,12H2,1-3H3,(H,19,21)/t13-/m0/s1. The molecule has 0 saturated carbocycles. The molecule has 2 amide bonds. The smallest absolute Gasteiger partial charge is 0.321 e. The molecule has 0 aliphatic carbocycles. The van der Waals surface area contributed by atoms with Crippen LogP contribution in [0.2, 0.25) is 0 Å². The van der Waals surface area contributed by atoms with Gasteiger partial charge in [0.2, 0.25) is 0 Å². The van der Waals surface area contributed by atoms with Crippen molar-refractivity contribution in [2.24, 2.45) is 0 Å². The summed E-state index contributed by atoms with van der Waals surface area (Å²) in [5.74, 6) is -0.0556. The van der Waals surface area contributed by atoms with Crippen LogP contribution in [-0.2, 0) is 15.6 Å². The molecule has 0 aliphatic rings. The molecule has 2 rings (SSSR count). The molecule has 0 bridgehead atoms. The van der Waals surface area contributed by atoms with Crippen LogP contribution in [0.25, 0.3) is 0 Å². The molecular formula is C17H21N3O3S. The van der Waals surface area contributed by atoms with Crippen LogP contribution < -0.4 is 5.32 Å². The Bertz CT molecular complexity index is 807. The largest absolute Gasteiger partial charge is 0.322 e. The molecule has 2 aromatic rings. The molecule has 0 spiro atoms. The Morgan fingerprint density at radius 2 is 1.92 bits per heavy atom. The fourth-order valence-electron chi connectivity index (χ4n) is 2.29. The third-order valence-corrected chi connectivity index (χ3v) is 4.55. The van der Waals surface area contributed by atoms with Crippen LogP contribution in [0.5, 0.6) is 0 Å². The molecule has 128 valence electrons. The van der Waals surface area contributed by atoms with Crippen LogP contribution in [0.15, 0.2) is 48.8 Å². The minimum absolute atomic E-state index is 0.0556. The second-order valence-electron chi connectivity index (χ2n) is 5.77. The van der Waals surface area contributed by atoms with E-state index < -0.39 is 9.84 Å². The molecule has 7 heteroatoms. The van der Waals surface area contributed by atoms with Crippen LogP contribution in [0.1, 0.15) is 24.1 Å². The van der Waals surface area contributed by atoms with E-state index >= 15 is 0 Å². The van der Waals surface area contributed by atoms with Gasteiger partial charge in [-0.05, 0) is 42.3 Å². The van der Waals surface area contributed by atoms with Crippen molar-refractivity contribution in [2.75, 3.05) is 18.6 Å². The molecule has 1 aromatic heterocycles. The van der Waals surface area contributed by atoms with E-state index in [4.69, 9.17) is 0 Å². The van der Waals surface area contributed by atoms with E-state index in [0.29, 0.717) is 11.3 Å². The van der Waals surface area contributed by atoms with Crippen molar-refractivity contribution in [1.29, 1.82) is 0 Å². The van der Waals surface area contributed by atoms with Gasteiger partial charge in [-0.2, -0.15) is 0 Å². The summed E-state index contributed by atoms with van der Waals surface area (Å²) in [6, 6.07) is 10.2. The number of sulfone groups is 1. The maximum absolute atomic E-state index is 12.4. The maximum atomic E-state index is 12.4. The van der Waals surface area contributed by atoms with Gasteiger partial charge >= 0.3 is 6.03 Å². The summed E-state index contributed by atoms with van der Waals surface area (Å²) >= 11 is 0. The van der Waals surface area contributed by atoms with Crippen molar-refractivity contribution in [1.82, 2.24) is 9.88 Å². The summed E-state index contributed by atoms with van der Waals surface area (Å²) in [6.07, 6.45) is 4.56. The summed E-state index contributed by atoms with van der Waals surface area (Å²) < 4.78 is 22.8. The summed E-state index contributed by atoms with van der Waals surface area (Å²) in [5, 5.41) is 2.80. The SMILES string of the molecule is C[C@@H](c1ccncc1)N(C)C(=O)Nc1cccc(CS(C)(=O)=O)c1. The van der Waals surface area contributed by atoms with Gasteiger partial charge in [-0.3, -0.25) is 4.98 Å². The van der Waals surface area contributed by atoms with E-state index in [1.165, 1.54) is 6.26 Å². The number of nitrogens with one attached hydrogen (secondary N) is 1. The molecule has 0 aliphatic heterocycles. The minimum atomic E-state index is -3.12. The lowest BCUT2D eigenvalue weighted by Crippen LogP contribution is -2.33. The van der Waals surface area contributed by atoms with Gasteiger partial charge in [0.25, 0.3) is 0 Å². The second kappa shape index (κ2) is 7.44. The van der Waals surface area contributed by atoms with Gasteiger partial charge in [-0.15, -0.1) is 0 Å². The average Bonchev–Trinajstić information content (AvgIpc) is 2.53. The topological polar surface area (TPSA) is 79.4 Å². The zero-order valence-corrected chi connectivity index (χ0v) is 14.7. The summed E-state index contributed by atoms with van der Waals surface area (Å²) in [7, 11) is -1.41. The number of carbonyl (C=O) groups excluding carboxylic acids is 1. The first-order valence-electron chi connectivity index (χ1n) is 7.46. The van der Waals surface area contributed by atoms with E-state index in [-0.39, 0.29) is 17.8 Å². The number of carbonyl (C=O) groups is 1. The normalized spacial score (nSPS) is 12.5. The molecule has 0 fully saturated rings. The van der Waals surface area contributed by atoms with E-state index in [1.807, 2.05) is 19.1 Å². The number of benzene rings is 1. The predicted molar refractivity (Wildman–Crippen MR) is 94.4 cm³/mol. The molecule has 0 unspecified atom stereocenters. The minimum Gasteiger partial charge on any atom is -0.321 e. The second-order valence-corrected chi connectivity index (χ2v) is 7.91. The maximum Gasteiger partial charge on any atom is 0.322 e. The number of rotatable bonds is 5. The Morgan fingerprint density at radius 3 is 2.54 bits per heavy atom. The highest BCUT2D eigenvalue weighted by Crippen LogP contribution is 2.19. The van der Waals surface area contributed by atoms with Gasteiger partial charge in [-0.25, -0.2) is 13.2 Å². The molecule has 6 nitrogen and oxygen atoms in total. The quantitative estimate of drug-likeness (QED) is 0.902. The highest BCUT2D eigenvalue weighted by atomic mass is 32.2. The molecule has 1 atom stereocenters. The van der Waals surface area contributed by atoms with Gasteiger partial charge in [0.15, 0.2) is 9.84 Å². The molecular weight excluding hydrogens is 326 g/mol. The zero-order chi connectivity index (χ0) is 17.7. The predicted octanol–water partition coefficient (Wildman–Crippen LogP) is 2.85. The first kappa shape index (κ1) is 17.9. The van der Waals surface area contributed by atoms with Crippen molar-refractivity contribution in [3.05, 3.63) is 59.9 Å². The van der Waals surface area contributed by atoms with E-state index in [1.54, 1.807) is 48.6 Å². The number of anilines is 1. The Balaban J connectivity index is 2.07. The Labute approximate surface area is 142 Å². The summed E-state index contributed by atoms with van der Waals surface area (Å²) in [4.78, 5) is 18.0. The highest BCUT2D eigenvalue weighted by Gasteiger charge is 2.17. The van der Waals surface area contributed by atoms with Crippen LogP contribution in [0.4, 0.5) is 10.5 Å². The Hall–Kier alpha value is -2.41. The van der Waals surface area contributed by atoms with E-state index in [9.17, 15) is 13.2 Å². The Morgan fingerprint density at radius 1 is 1.25 bits per heavy atom. The average molecular weight is 347 g/mol. The molecule has 1 heterocycles. The summed E-state index contributed by atoms with van der Waals surface area (Å²) in [6.45, 7) is 1.93. The Kier molecular flexibility index (Phi) is 5.56. The van der Waals surface area contributed by atoms with Crippen molar-refractivity contribution >= 4 is 21.6 Å². The van der Waals surface area contributed by atoms with Crippen LogP contribution >= 0.6 is 0 Å². The van der Waals surface area contributed by atoms with Gasteiger partial charge in [0.1, 0.15) is 0 Å². The van der Waals surface area contributed by atoms with Crippen LogP contribution in [0, 0.1) is 0 Å². The fraction of sp³-hybridized carbons (Fsp3) is 0.294. The van der Waals surface area contributed by atoms with Crippen molar-refractivity contribution in [3.8, 4) is 0 Å². The summed E-state index contributed by atoms with van der Waals surface area (Å²) in [5.41, 5.74) is 2.18. The lowest BCUT2D eigenvalue weighted by Gasteiger charge is -2.25. The zero-order valence-electron chi connectivity index (χ0n) is 13.9. The molecule has 24 heavy (non-hydrogen) atoms. The van der Waals surface area contributed by atoms with Gasteiger partial charge < -0.3 is 10.2 Å². The van der Waals surface area contributed by atoms with Crippen LogP contribution in [-0.4, -0.2) is 37.6 Å². The van der Waals surface area contributed by atoms with Crippen molar-refractivity contribution < 1.29 is 13.2 Å². The number of aromatic nitrogens is 1. The van der Waals surface area contributed by atoms with Crippen molar-refractivity contribution in [2.45, 2.75) is 18.7 Å². The molecule has 1 N–H and O–H groups in total. The fourth-order valence-corrected chi connectivity index (χ4v) is 3.08. The molecule has 0 radical (unpaired) electrons. The highest BCUT2D eigenvalue weighted by molar-refractivity contribution is 7.89. The first-order chi connectivity index (χ1) is 11.3. The first-order valence-corrected chi connectivity index (χ1v) is 9.53. The van der Waals surface area contributed by atoms with Gasteiger partial charge in [0, 0.05) is 31.4 Å². The number of pyridine rings is 1. The number of hydrogen-bond acceptors (Lipinski definition) is 4. The van der Waals surface area contributed by atoms with Gasteiger partial charge in [0.05, 0.1) is 11.8 Å². The monoisotopic (exact) mass is 347 g/mol. The molecule has 0 saturated heterocycles. The van der Waals surface area contributed by atoms with Gasteiger partial charge in [-0.1, -0.05) is 12.1 Å². The number of nitrogens with zero attached hydrogens (tertiary/aromatic N) is 2. The van der Waals surface area contributed by atoms with Crippen molar-refractivity contribution in [3.63, 3.8) is 0 Å². The van der Waals surface area contributed by atoms with E-state index in [2.05, 4.69) is 10.3 Å². The molecule has 1 aromatic carbocycles. The lowest BCUT2D eigenvalue weighted by atomic mass is 10.1. The lowest BCUT2D eigenvalue weighted by molar-refractivity contribution is 0.208. The van der Waals surface area contributed by atoms with Crippen LogP contribution in [0.3, 0.4) is 0 Å². The third-order valence-electron chi connectivity index (χ3n) is 3.70. The third kappa shape index (κ3) is 5.06. The van der Waals surface area contributed by atoms with E-state index in [0.717, 1.165) is 5.56 Å². The number of urea groups is 1. The number of hydrogen-bond donors (Lipinski definition) is 1. The number of amides is 2.